The molecule has 0 spiro atoms. The van der Waals surface area contributed by atoms with E-state index < -0.39 is 5.97 Å². The van der Waals surface area contributed by atoms with E-state index in [2.05, 4.69) is 10.6 Å². The van der Waals surface area contributed by atoms with Gasteiger partial charge in [-0.3, -0.25) is 9.59 Å². The lowest BCUT2D eigenvalue weighted by Gasteiger charge is -2.10. The Morgan fingerprint density at radius 2 is 1.88 bits per heavy atom. The average molecular weight is 230 g/mol. The fourth-order valence-corrected chi connectivity index (χ4v) is 1.30. The van der Waals surface area contributed by atoms with E-state index in [1.807, 2.05) is 6.92 Å². The molecule has 0 aliphatic carbocycles. The molecule has 0 rings (SSSR count). The Kier molecular flexibility index (Phi) is 8.52. The largest absolute Gasteiger partial charge is 0.481 e. The summed E-state index contributed by atoms with van der Waals surface area (Å²) in [6.07, 6.45) is 2.19. The van der Waals surface area contributed by atoms with Gasteiger partial charge in [0, 0.05) is 25.9 Å². The van der Waals surface area contributed by atoms with Crippen molar-refractivity contribution >= 4 is 11.9 Å². The zero-order chi connectivity index (χ0) is 12.4. The van der Waals surface area contributed by atoms with Crippen LogP contribution in [0.15, 0.2) is 0 Å². The molecule has 0 radical (unpaired) electrons. The van der Waals surface area contributed by atoms with Crippen LogP contribution in [0.4, 0.5) is 0 Å². The lowest BCUT2D eigenvalue weighted by Crippen LogP contribution is -2.28. The second-order valence-corrected chi connectivity index (χ2v) is 4.03. The van der Waals surface area contributed by atoms with Crippen LogP contribution in [0.5, 0.6) is 0 Å². The smallest absolute Gasteiger partial charge is 0.303 e. The van der Waals surface area contributed by atoms with Crippen molar-refractivity contribution in [2.24, 2.45) is 5.92 Å². The summed E-state index contributed by atoms with van der Waals surface area (Å²) in [6.45, 7) is 3.31. The van der Waals surface area contributed by atoms with Gasteiger partial charge in [-0.15, -0.1) is 0 Å². The number of carbonyl (C=O) groups is 2. The van der Waals surface area contributed by atoms with Crippen LogP contribution in [0.1, 0.15) is 32.6 Å². The molecule has 0 fully saturated rings. The molecule has 3 N–H and O–H groups in total. The van der Waals surface area contributed by atoms with Crippen LogP contribution in [0.3, 0.4) is 0 Å². The molecule has 0 saturated carbocycles. The Bertz CT molecular complexity index is 219. The van der Waals surface area contributed by atoms with Crippen LogP contribution in [0.25, 0.3) is 0 Å². The number of amides is 1. The van der Waals surface area contributed by atoms with Crippen molar-refractivity contribution in [2.75, 3.05) is 20.1 Å². The first-order valence-electron chi connectivity index (χ1n) is 5.69. The van der Waals surface area contributed by atoms with Gasteiger partial charge in [-0.1, -0.05) is 6.92 Å². The molecule has 0 aromatic heterocycles. The molecule has 1 amide bonds. The fourth-order valence-electron chi connectivity index (χ4n) is 1.30. The molecule has 0 aromatic carbocycles. The predicted molar refractivity (Wildman–Crippen MR) is 62.2 cm³/mol. The number of hydrogen-bond acceptors (Lipinski definition) is 3. The molecule has 0 aliphatic heterocycles. The highest BCUT2D eigenvalue weighted by molar-refractivity contribution is 5.75. The summed E-state index contributed by atoms with van der Waals surface area (Å²) in [4.78, 5) is 21.5. The van der Waals surface area contributed by atoms with E-state index in [0.717, 1.165) is 6.42 Å². The maximum Gasteiger partial charge on any atom is 0.303 e. The topological polar surface area (TPSA) is 78.4 Å². The molecule has 1 unspecified atom stereocenters. The van der Waals surface area contributed by atoms with Crippen molar-refractivity contribution < 1.29 is 14.7 Å². The molecule has 0 bridgehead atoms. The first-order valence-corrected chi connectivity index (χ1v) is 5.69. The van der Waals surface area contributed by atoms with E-state index in [-0.39, 0.29) is 12.3 Å². The van der Waals surface area contributed by atoms with Gasteiger partial charge in [0.2, 0.25) is 5.91 Å². The summed E-state index contributed by atoms with van der Waals surface area (Å²) >= 11 is 0. The molecular weight excluding hydrogens is 208 g/mol. The van der Waals surface area contributed by atoms with E-state index in [9.17, 15) is 9.59 Å². The van der Waals surface area contributed by atoms with Crippen LogP contribution in [-0.2, 0) is 9.59 Å². The van der Waals surface area contributed by atoms with Crippen LogP contribution >= 0.6 is 0 Å². The van der Waals surface area contributed by atoms with Gasteiger partial charge in [0.05, 0.1) is 0 Å². The second kappa shape index (κ2) is 9.15. The van der Waals surface area contributed by atoms with Gasteiger partial charge in [-0.25, -0.2) is 0 Å². The van der Waals surface area contributed by atoms with E-state index in [1.165, 1.54) is 0 Å². The molecule has 5 heteroatoms. The third-order valence-electron chi connectivity index (χ3n) is 2.41. The van der Waals surface area contributed by atoms with Crippen LogP contribution < -0.4 is 10.6 Å². The van der Waals surface area contributed by atoms with E-state index in [4.69, 9.17) is 5.11 Å². The van der Waals surface area contributed by atoms with Crippen molar-refractivity contribution in [1.29, 1.82) is 0 Å². The minimum absolute atomic E-state index is 0.0415. The highest BCUT2D eigenvalue weighted by Gasteiger charge is 2.06. The number of hydrogen-bond donors (Lipinski definition) is 3. The minimum atomic E-state index is -0.759. The van der Waals surface area contributed by atoms with Crippen LogP contribution in [-0.4, -0.2) is 37.1 Å². The zero-order valence-electron chi connectivity index (χ0n) is 10.1. The van der Waals surface area contributed by atoms with E-state index in [1.54, 1.807) is 7.05 Å². The number of nitrogens with one attached hydrogen (secondary N) is 2. The fraction of sp³-hybridized carbons (Fsp3) is 0.818. The zero-order valence-corrected chi connectivity index (χ0v) is 10.1. The Labute approximate surface area is 96.6 Å². The van der Waals surface area contributed by atoms with Crippen molar-refractivity contribution in [1.82, 2.24) is 10.6 Å². The summed E-state index contributed by atoms with van der Waals surface area (Å²) in [7, 11) is 1.81. The highest BCUT2D eigenvalue weighted by atomic mass is 16.4. The van der Waals surface area contributed by atoms with Crippen molar-refractivity contribution in [3.63, 3.8) is 0 Å². The Hall–Kier alpha value is -1.10. The Morgan fingerprint density at radius 3 is 2.44 bits per heavy atom. The van der Waals surface area contributed by atoms with Gasteiger partial charge in [-0.05, 0) is 25.8 Å². The third-order valence-corrected chi connectivity index (χ3v) is 2.41. The second-order valence-electron chi connectivity index (χ2n) is 4.03. The molecular formula is C11H22N2O3. The lowest BCUT2D eigenvalue weighted by atomic mass is 10.0. The minimum Gasteiger partial charge on any atom is -0.481 e. The van der Waals surface area contributed by atoms with Gasteiger partial charge in [-0.2, -0.15) is 0 Å². The maximum absolute atomic E-state index is 11.2. The third kappa shape index (κ3) is 9.45. The van der Waals surface area contributed by atoms with Crippen molar-refractivity contribution in [2.45, 2.75) is 32.6 Å². The molecule has 1 atom stereocenters. The van der Waals surface area contributed by atoms with Crippen molar-refractivity contribution in [3.05, 3.63) is 0 Å². The van der Waals surface area contributed by atoms with Crippen molar-refractivity contribution in [3.8, 4) is 0 Å². The molecule has 16 heavy (non-hydrogen) atoms. The summed E-state index contributed by atoms with van der Waals surface area (Å²) in [5.41, 5.74) is 0. The Morgan fingerprint density at radius 1 is 1.19 bits per heavy atom. The number of carbonyl (C=O) groups excluding carboxylic acids is 1. The first kappa shape index (κ1) is 14.9. The number of carboxylic acids is 1. The van der Waals surface area contributed by atoms with Gasteiger partial charge in [0.1, 0.15) is 0 Å². The molecule has 0 heterocycles. The number of rotatable bonds is 9. The van der Waals surface area contributed by atoms with Crippen LogP contribution in [0.2, 0.25) is 0 Å². The lowest BCUT2D eigenvalue weighted by molar-refractivity contribution is -0.137. The standard InChI is InChI=1S/C11H22N2O3/c1-9(3-4-11(15)16)5-8-13-10(14)6-7-12-2/h9,12H,3-8H2,1-2H3,(H,13,14)(H,15,16). The maximum atomic E-state index is 11.2. The predicted octanol–water partition coefficient (Wildman–Crippen LogP) is 0.603. The van der Waals surface area contributed by atoms with E-state index in [0.29, 0.717) is 31.8 Å². The quantitative estimate of drug-likeness (QED) is 0.542. The molecule has 0 saturated heterocycles. The van der Waals surface area contributed by atoms with Gasteiger partial charge >= 0.3 is 5.97 Å². The van der Waals surface area contributed by atoms with Gasteiger partial charge in [0.15, 0.2) is 0 Å². The number of aliphatic carboxylic acids is 1. The summed E-state index contributed by atoms with van der Waals surface area (Å²) < 4.78 is 0. The van der Waals surface area contributed by atoms with Gasteiger partial charge in [0.25, 0.3) is 0 Å². The molecule has 94 valence electrons. The first-order chi connectivity index (χ1) is 7.56. The molecule has 5 nitrogen and oxygen atoms in total. The highest BCUT2D eigenvalue weighted by Crippen LogP contribution is 2.08. The normalized spacial score (nSPS) is 12.1. The summed E-state index contributed by atoms with van der Waals surface area (Å²) in [5.74, 6) is -0.384. The number of carboxylic acid groups (broad SMARTS) is 1. The Balaban J connectivity index is 3.42. The van der Waals surface area contributed by atoms with E-state index >= 15 is 0 Å². The SMILES string of the molecule is CNCCC(=O)NCCC(C)CCC(=O)O. The monoisotopic (exact) mass is 230 g/mol. The molecule has 0 aliphatic rings. The van der Waals surface area contributed by atoms with Gasteiger partial charge < -0.3 is 15.7 Å². The summed E-state index contributed by atoms with van der Waals surface area (Å²) in [5, 5.41) is 14.2. The molecule has 0 aromatic rings. The average Bonchev–Trinajstić information content (AvgIpc) is 2.23. The van der Waals surface area contributed by atoms with Crippen LogP contribution in [0, 0.1) is 5.92 Å². The summed E-state index contributed by atoms with van der Waals surface area (Å²) in [6, 6.07) is 0.